The van der Waals surface area contributed by atoms with Gasteiger partial charge in [0.25, 0.3) is 5.79 Å². The molecule has 0 unspecified atom stereocenters. The van der Waals surface area contributed by atoms with Gasteiger partial charge in [-0.15, -0.1) is 0 Å². The van der Waals surface area contributed by atoms with E-state index in [4.69, 9.17) is 18.9 Å². The average Bonchev–Trinajstić information content (AvgIpc) is 2.42. The average molecular weight is 298 g/mol. The molecule has 4 atom stereocenters. The van der Waals surface area contributed by atoms with E-state index in [2.05, 4.69) is 0 Å². The summed E-state index contributed by atoms with van der Waals surface area (Å²) < 4.78 is 21.4. The summed E-state index contributed by atoms with van der Waals surface area (Å²) in [6, 6.07) is 0. The van der Waals surface area contributed by atoms with E-state index in [1.54, 1.807) is 0 Å². The highest BCUT2D eigenvalue weighted by atomic mass is 16.8. The van der Waals surface area contributed by atoms with Gasteiger partial charge in [-0.25, -0.2) is 0 Å². The van der Waals surface area contributed by atoms with Crippen molar-refractivity contribution in [2.24, 2.45) is 11.8 Å². The number of cyclic esters (lactones) is 1. The van der Waals surface area contributed by atoms with Gasteiger partial charge >= 0.3 is 17.9 Å². The van der Waals surface area contributed by atoms with Gasteiger partial charge in [0.1, 0.15) is 0 Å². The highest BCUT2D eigenvalue weighted by Gasteiger charge is 2.65. The molecule has 3 rings (SSSR count). The van der Waals surface area contributed by atoms with Crippen molar-refractivity contribution in [3.05, 3.63) is 0 Å². The summed E-state index contributed by atoms with van der Waals surface area (Å²) in [6.07, 6.45) is 1.54. The van der Waals surface area contributed by atoms with Crippen molar-refractivity contribution < 1.29 is 33.3 Å². The third-order valence-corrected chi connectivity index (χ3v) is 4.65. The highest BCUT2D eigenvalue weighted by Crippen LogP contribution is 2.55. The van der Waals surface area contributed by atoms with Gasteiger partial charge in [0.15, 0.2) is 13.2 Å². The summed E-state index contributed by atoms with van der Waals surface area (Å²) in [5.41, 5.74) is -0.691. The number of hydrogen-bond acceptors (Lipinski definition) is 7. The van der Waals surface area contributed by atoms with Gasteiger partial charge < -0.3 is 18.9 Å². The Labute approximate surface area is 121 Å². The summed E-state index contributed by atoms with van der Waals surface area (Å²) in [5, 5.41) is 0. The smallest absolute Gasteiger partial charge is 0.314 e. The summed E-state index contributed by atoms with van der Waals surface area (Å²) in [7, 11) is 0. The number of esters is 3. The molecule has 0 aromatic carbocycles. The first kappa shape index (κ1) is 14.3. The second-order valence-corrected chi connectivity index (χ2v) is 6.08. The molecular weight excluding hydrogens is 280 g/mol. The van der Waals surface area contributed by atoms with E-state index < -0.39 is 17.4 Å². The predicted octanol–water partition coefficient (Wildman–Crippen LogP) is 0.551. The standard InChI is InChI=1S/C14H18O7/c1-8(15)18-6-14-7-19-11(16)4-3-9-5-10(12(17)20-14)13(9,2)21-14/h9-10H,3-7H2,1-2H3/t9-,10-,13-,14+/m0/s1. The lowest BCUT2D eigenvalue weighted by atomic mass is 9.59. The molecular formula is C14H18O7. The zero-order valence-corrected chi connectivity index (χ0v) is 12.0. The lowest BCUT2D eigenvalue weighted by molar-refractivity contribution is -0.368. The van der Waals surface area contributed by atoms with Crippen molar-refractivity contribution in [2.75, 3.05) is 13.2 Å². The quantitative estimate of drug-likeness (QED) is 0.543. The van der Waals surface area contributed by atoms with Crippen LogP contribution in [-0.2, 0) is 33.3 Å². The van der Waals surface area contributed by atoms with Crippen LogP contribution < -0.4 is 0 Å². The van der Waals surface area contributed by atoms with E-state index in [0.29, 0.717) is 12.8 Å². The van der Waals surface area contributed by atoms with Crippen LogP contribution >= 0.6 is 0 Å². The van der Waals surface area contributed by atoms with Gasteiger partial charge in [0.2, 0.25) is 0 Å². The zero-order valence-electron chi connectivity index (χ0n) is 12.0. The van der Waals surface area contributed by atoms with Crippen molar-refractivity contribution in [2.45, 2.75) is 44.5 Å². The zero-order chi connectivity index (χ0) is 15.3. The first-order chi connectivity index (χ1) is 9.85. The monoisotopic (exact) mass is 298 g/mol. The van der Waals surface area contributed by atoms with E-state index in [0.717, 1.165) is 0 Å². The van der Waals surface area contributed by atoms with E-state index >= 15 is 0 Å². The molecule has 3 aliphatic rings. The highest BCUT2D eigenvalue weighted by molar-refractivity contribution is 5.77. The fourth-order valence-electron chi connectivity index (χ4n) is 3.37. The molecule has 0 amide bonds. The molecule has 21 heavy (non-hydrogen) atoms. The molecule has 0 aromatic heterocycles. The minimum atomic E-state index is -1.54. The van der Waals surface area contributed by atoms with Crippen molar-refractivity contribution in [1.82, 2.24) is 0 Å². The molecule has 7 nitrogen and oxygen atoms in total. The van der Waals surface area contributed by atoms with Crippen LogP contribution in [0.2, 0.25) is 0 Å². The Kier molecular flexibility index (Phi) is 3.20. The molecule has 2 bridgehead atoms. The van der Waals surface area contributed by atoms with Crippen LogP contribution in [0.15, 0.2) is 0 Å². The maximum Gasteiger partial charge on any atom is 0.314 e. The lowest BCUT2D eigenvalue weighted by Gasteiger charge is -2.58. The Bertz CT molecular complexity index is 502. The van der Waals surface area contributed by atoms with Crippen molar-refractivity contribution in [3.8, 4) is 0 Å². The van der Waals surface area contributed by atoms with Crippen LogP contribution in [0.4, 0.5) is 0 Å². The topological polar surface area (TPSA) is 88.1 Å². The molecule has 116 valence electrons. The second-order valence-electron chi connectivity index (χ2n) is 6.08. The third kappa shape index (κ3) is 2.29. The molecule has 2 heterocycles. The molecule has 0 radical (unpaired) electrons. The maximum atomic E-state index is 12.2. The van der Waals surface area contributed by atoms with Gasteiger partial charge in [0.05, 0.1) is 11.5 Å². The van der Waals surface area contributed by atoms with Crippen LogP contribution in [0.25, 0.3) is 0 Å². The largest absolute Gasteiger partial charge is 0.459 e. The van der Waals surface area contributed by atoms with E-state index in [9.17, 15) is 14.4 Å². The number of fused-ring (bicyclic) bond motifs is 1. The van der Waals surface area contributed by atoms with E-state index in [1.165, 1.54) is 6.92 Å². The minimum absolute atomic E-state index is 0.0951. The van der Waals surface area contributed by atoms with Gasteiger partial charge in [-0.3, -0.25) is 14.4 Å². The van der Waals surface area contributed by atoms with Crippen molar-refractivity contribution >= 4 is 17.9 Å². The van der Waals surface area contributed by atoms with Crippen LogP contribution in [0.3, 0.4) is 0 Å². The number of hydrogen-bond donors (Lipinski definition) is 0. The summed E-state index contributed by atoms with van der Waals surface area (Å²) in [5.74, 6) is -3.04. The van der Waals surface area contributed by atoms with Crippen molar-refractivity contribution in [1.29, 1.82) is 0 Å². The first-order valence-electron chi connectivity index (χ1n) is 7.07. The van der Waals surface area contributed by atoms with Crippen LogP contribution in [0.1, 0.15) is 33.1 Å². The molecule has 0 aromatic rings. The van der Waals surface area contributed by atoms with Crippen LogP contribution in [0, 0.1) is 11.8 Å². The van der Waals surface area contributed by atoms with Gasteiger partial charge in [0, 0.05) is 13.3 Å². The summed E-state index contributed by atoms with van der Waals surface area (Å²) >= 11 is 0. The lowest BCUT2D eigenvalue weighted by Crippen LogP contribution is -2.69. The molecule has 2 aliphatic heterocycles. The van der Waals surface area contributed by atoms with E-state index in [1.807, 2.05) is 6.92 Å². The van der Waals surface area contributed by atoms with Gasteiger partial charge in [-0.2, -0.15) is 0 Å². The Hall–Kier alpha value is -1.63. The molecule has 2 saturated heterocycles. The minimum Gasteiger partial charge on any atom is -0.459 e. The molecule has 1 aliphatic carbocycles. The normalized spacial score (nSPS) is 41.6. The molecule has 1 saturated carbocycles. The van der Waals surface area contributed by atoms with Crippen LogP contribution in [-0.4, -0.2) is 42.5 Å². The SMILES string of the molecule is CC(=O)OC[C@@]12COC(=O)CC[C@H]3C[C@@H](C(=O)O1)[C@@]3(C)O2. The third-order valence-electron chi connectivity index (χ3n) is 4.65. The fourth-order valence-corrected chi connectivity index (χ4v) is 3.37. The molecule has 0 spiro atoms. The Morgan fingerprint density at radius 1 is 1.43 bits per heavy atom. The number of rotatable bonds is 2. The van der Waals surface area contributed by atoms with Gasteiger partial charge in [-0.05, 0) is 25.7 Å². The Morgan fingerprint density at radius 3 is 2.90 bits per heavy atom. The Morgan fingerprint density at radius 2 is 2.19 bits per heavy atom. The van der Waals surface area contributed by atoms with Crippen LogP contribution in [0.5, 0.6) is 0 Å². The number of carbonyl (C=O) groups is 3. The molecule has 3 fully saturated rings. The Balaban J connectivity index is 1.90. The number of carbonyl (C=O) groups excluding carboxylic acids is 3. The second kappa shape index (κ2) is 4.69. The summed E-state index contributed by atoms with van der Waals surface area (Å²) in [6.45, 7) is 2.56. The van der Waals surface area contributed by atoms with Crippen molar-refractivity contribution in [3.63, 3.8) is 0 Å². The first-order valence-corrected chi connectivity index (χ1v) is 7.07. The molecule has 7 heteroatoms. The maximum absolute atomic E-state index is 12.2. The van der Waals surface area contributed by atoms with E-state index in [-0.39, 0.29) is 43.4 Å². The summed E-state index contributed by atoms with van der Waals surface area (Å²) in [4.78, 5) is 34.9. The molecule has 0 N–H and O–H groups in total. The predicted molar refractivity (Wildman–Crippen MR) is 66.7 cm³/mol. The fraction of sp³-hybridized carbons (Fsp3) is 0.786. The number of ether oxygens (including phenoxy) is 4. The van der Waals surface area contributed by atoms with Gasteiger partial charge in [-0.1, -0.05) is 0 Å².